The molecule has 1 saturated carbocycles. The number of esters is 1. The van der Waals surface area contributed by atoms with Crippen LogP contribution in [0, 0.1) is 17.2 Å². The van der Waals surface area contributed by atoms with Crippen molar-refractivity contribution in [3.05, 3.63) is 0 Å². The molecule has 1 N–H and O–H groups in total. The third-order valence-corrected chi connectivity index (χ3v) is 3.42. The molecule has 6 nitrogen and oxygen atoms in total. The van der Waals surface area contributed by atoms with Crippen LogP contribution in [0.3, 0.4) is 0 Å². The van der Waals surface area contributed by atoms with Crippen LogP contribution in [0.2, 0.25) is 0 Å². The number of amides is 1. The highest BCUT2D eigenvalue weighted by Gasteiger charge is 2.43. The SMILES string of the molecule is CCN(CC(=O)NC(C)(C#N)C1CC1)CC(=O)OC. The number of rotatable bonds is 7. The van der Waals surface area contributed by atoms with Crippen LogP contribution in [0.5, 0.6) is 0 Å². The zero-order valence-electron chi connectivity index (χ0n) is 11.7. The molecular weight excluding hydrogens is 246 g/mol. The van der Waals surface area contributed by atoms with Crippen LogP contribution in [0.4, 0.5) is 0 Å². The highest BCUT2D eigenvalue weighted by atomic mass is 16.5. The van der Waals surface area contributed by atoms with Crippen LogP contribution < -0.4 is 5.32 Å². The molecule has 106 valence electrons. The summed E-state index contributed by atoms with van der Waals surface area (Å²) >= 11 is 0. The molecule has 19 heavy (non-hydrogen) atoms. The summed E-state index contributed by atoms with van der Waals surface area (Å²) in [4.78, 5) is 24.8. The largest absolute Gasteiger partial charge is 0.468 e. The number of nitrogens with zero attached hydrogens (tertiary/aromatic N) is 2. The van der Waals surface area contributed by atoms with Crippen molar-refractivity contribution in [3.8, 4) is 6.07 Å². The fourth-order valence-corrected chi connectivity index (χ4v) is 1.94. The Labute approximate surface area is 113 Å². The van der Waals surface area contributed by atoms with Gasteiger partial charge in [-0.1, -0.05) is 6.92 Å². The molecule has 1 amide bonds. The minimum Gasteiger partial charge on any atom is -0.468 e. The Morgan fingerprint density at radius 2 is 2.11 bits per heavy atom. The summed E-state index contributed by atoms with van der Waals surface area (Å²) in [7, 11) is 1.32. The first-order chi connectivity index (χ1) is 8.95. The Kier molecular flexibility index (Phi) is 5.31. The highest BCUT2D eigenvalue weighted by molar-refractivity contribution is 5.80. The van der Waals surface area contributed by atoms with Crippen molar-refractivity contribution >= 4 is 11.9 Å². The van der Waals surface area contributed by atoms with Gasteiger partial charge >= 0.3 is 5.97 Å². The van der Waals surface area contributed by atoms with Gasteiger partial charge in [-0.25, -0.2) is 0 Å². The molecule has 1 atom stereocenters. The van der Waals surface area contributed by atoms with Crippen LogP contribution in [0.1, 0.15) is 26.7 Å². The van der Waals surface area contributed by atoms with Gasteiger partial charge in [0.15, 0.2) is 0 Å². The number of nitriles is 1. The van der Waals surface area contributed by atoms with Crippen molar-refractivity contribution in [2.24, 2.45) is 5.92 Å². The van der Waals surface area contributed by atoms with Crippen molar-refractivity contribution in [1.29, 1.82) is 5.26 Å². The molecule has 1 aliphatic rings. The van der Waals surface area contributed by atoms with Gasteiger partial charge in [-0.15, -0.1) is 0 Å². The van der Waals surface area contributed by atoms with E-state index in [4.69, 9.17) is 5.26 Å². The van der Waals surface area contributed by atoms with E-state index in [-0.39, 0.29) is 30.9 Å². The summed E-state index contributed by atoms with van der Waals surface area (Å²) in [5, 5.41) is 11.9. The molecule has 0 saturated heterocycles. The number of likely N-dealkylation sites (N-methyl/N-ethyl adjacent to an activating group) is 1. The highest BCUT2D eigenvalue weighted by Crippen LogP contribution is 2.39. The van der Waals surface area contributed by atoms with Gasteiger partial charge in [0, 0.05) is 0 Å². The average molecular weight is 267 g/mol. The zero-order chi connectivity index (χ0) is 14.5. The van der Waals surface area contributed by atoms with E-state index in [1.54, 1.807) is 11.8 Å². The number of ether oxygens (including phenoxy) is 1. The predicted octanol–water partition coefficient (Wildman–Crippen LogP) is 0.290. The van der Waals surface area contributed by atoms with Crippen molar-refractivity contribution in [2.45, 2.75) is 32.2 Å². The van der Waals surface area contributed by atoms with Gasteiger partial charge in [-0.05, 0) is 32.2 Å². The van der Waals surface area contributed by atoms with Gasteiger partial charge in [0.1, 0.15) is 5.54 Å². The Bertz CT molecular complexity index is 387. The molecule has 0 aromatic carbocycles. The van der Waals surface area contributed by atoms with Gasteiger partial charge < -0.3 is 10.1 Å². The number of methoxy groups -OCH3 is 1. The van der Waals surface area contributed by atoms with E-state index in [2.05, 4.69) is 16.1 Å². The molecule has 6 heteroatoms. The molecule has 0 spiro atoms. The van der Waals surface area contributed by atoms with Crippen LogP contribution in [0.15, 0.2) is 0 Å². The fourth-order valence-electron chi connectivity index (χ4n) is 1.94. The first-order valence-electron chi connectivity index (χ1n) is 6.46. The monoisotopic (exact) mass is 267 g/mol. The standard InChI is InChI=1S/C13H21N3O3/c1-4-16(8-12(18)19-3)7-11(17)15-13(2,9-14)10-5-6-10/h10H,4-8H2,1-3H3,(H,15,17). The van der Waals surface area contributed by atoms with Crippen molar-refractivity contribution in [1.82, 2.24) is 10.2 Å². The Hall–Kier alpha value is -1.61. The van der Waals surface area contributed by atoms with Crippen LogP contribution in [0.25, 0.3) is 0 Å². The molecule has 0 radical (unpaired) electrons. The third kappa shape index (κ3) is 4.52. The van der Waals surface area contributed by atoms with E-state index in [1.165, 1.54) is 7.11 Å². The Balaban J connectivity index is 2.49. The van der Waals surface area contributed by atoms with E-state index in [0.717, 1.165) is 12.8 Å². The molecule has 0 bridgehead atoms. The summed E-state index contributed by atoms with van der Waals surface area (Å²) in [6.45, 7) is 4.34. The summed E-state index contributed by atoms with van der Waals surface area (Å²) in [6, 6.07) is 2.17. The second kappa shape index (κ2) is 6.53. The number of carbonyl (C=O) groups is 2. The number of carbonyl (C=O) groups excluding carboxylic acids is 2. The molecule has 1 unspecified atom stereocenters. The molecule has 0 aromatic rings. The summed E-state index contributed by atoms with van der Waals surface area (Å²) in [6.07, 6.45) is 1.95. The van der Waals surface area contributed by atoms with Gasteiger partial charge in [-0.2, -0.15) is 5.26 Å². The number of hydrogen-bond acceptors (Lipinski definition) is 5. The number of nitrogens with one attached hydrogen (secondary N) is 1. The molecule has 1 fully saturated rings. The van der Waals surface area contributed by atoms with Gasteiger partial charge in [0.25, 0.3) is 0 Å². The first kappa shape index (κ1) is 15.4. The topological polar surface area (TPSA) is 82.4 Å². The van der Waals surface area contributed by atoms with Gasteiger partial charge in [-0.3, -0.25) is 14.5 Å². The Morgan fingerprint density at radius 3 is 2.53 bits per heavy atom. The van der Waals surface area contributed by atoms with Crippen LogP contribution in [-0.2, 0) is 14.3 Å². The lowest BCUT2D eigenvalue weighted by Gasteiger charge is -2.25. The minimum absolute atomic E-state index is 0.0765. The molecule has 0 heterocycles. The first-order valence-corrected chi connectivity index (χ1v) is 6.46. The van der Waals surface area contributed by atoms with Crippen molar-refractivity contribution in [2.75, 3.05) is 26.7 Å². The Morgan fingerprint density at radius 1 is 1.47 bits per heavy atom. The lowest BCUT2D eigenvalue weighted by atomic mass is 9.98. The predicted molar refractivity (Wildman–Crippen MR) is 69.0 cm³/mol. The molecule has 1 rings (SSSR count). The summed E-state index contributed by atoms with van der Waals surface area (Å²) < 4.78 is 4.57. The summed E-state index contributed by atoms with van der Waals surface area (Å²) in [5.74, 6) is -0.362. The quantitative estimate of drug-likeness (QED) is 0.670. The van der Waals surface area contributed by atoms with Gasteiger partial charge in [0.2, 0.25) is 5.91 Å². The lowest BCUT2D eigenvalue weighted by Crippen LogP contribution is -2.50. The van der Waals surface area contributed by atoms with E-state index in [9.17, 15) is 9.59 Å². The average Bonchev–Trinajstić information content (AvgIpc) is 3.21. The molecule has 1 aliphatic carbocycles. The fraction of sp³-hybridized carbons (Fsp3) is 0.769. The van der Waals surface area contributed by atoms with Gasteiger partial charge in [0.05, 0.1) is 26.3 Å². The maximum Gasteiger partial charge on any atom is 0.319 e. The van der Waals surface area contributed by atoms with E-state index < -0.39 is 5.54 Å². The lowest BCUT2D eigenvalue weighted by molar-refractivity contribution is -0.142. The third-order valence-electron chi connectivity index (χ3n) is 3.42. The van der Waals surface area contributed by atoms with Crippen LogP contribution >= 0.6 is 0 Å². The maximum absolute atomic E-state index is 11.9. The van der Waals surface area contributed by atoms with E-state index >= 15 is 0 Å². The van der Waals surface area contributed by atoms with Crippen LogP contribution in [-0.4, -0.2) is 49.1 Å². The molecular formula is C13H21N3O3. The van der Waals surface area contributed by atoms with E-state index in [0.29, 0.717) is 6.54 Å². The van der Waals surface area contributed by atoms with Crippen molar-refractivity contribution in [3.63, 3.8) is 0 Å². The molecule has 0 aliphatic heterocycles. The van der Waals surface area contributed by atoms with E-state index in [1.807, 2.05) is 6.92 Å². The number of hydrogen-bond donors (Lipinski definition) is 1. The molecule has 0 aromatic heterocycles. The smallest absolute Gasteiger partial charge is 0.319 e. The maximum atomic E-state index is 11.9. The van der Waals surface area contributed by atoms with Crippen molar-refractivity contribution < 1.29 is 14.3 Å². The summed E-state index contributed by atoms with van der Waals surface area (Å²) in [5.41, 5.74) is -0.790. The minimum atomic E-state index is -0.790. The normalized spacial score (nSPS) is 17.4. The zero-order valence-corrected chi connectivity index (χ0v) is 11.7. The second-order valence-electron chi connectivity index (χ2n) is 5.02. The second-order valence-corrected chi connectivity index (χ2v) is 5.02.